The number of pyridine rings is 1. The molecule has 0 spiro atoms. The molecule has 0 aliphatic carbocycles. The van der Waals surface area contributed by atoms with Gasteiger partial charge in [-0.2, -0.15) is 0 Å². The number of benzene rings is 1. The minimum absolute atomic E-state index is 0.0112. The van der Waals surface area contributed by atoms with Crippen LogP contribution in [0.25, 0.3) is 22.2 Å². The predicted octanol–water partition coefficient (Wildman–Crippen LogP) is 2.98. The lowest BCUT2D eigenvalue weighted by molar-refractivity contribution is 0.0929. The van der Waals surface area contributed by atoms with Crippen molar-refractivity contribution in [3.8, 4) is 11.3 Å². The summed E-state index contributed by atoms with van der Waals surface area (Å²) >= 11 is 0. The van der Waals surface area contributed by atoms with Gasteiger partial charge >= 0.3 is 0 Å². The molecular weight excluding hydrogens is 302 g/mol. The van der Waals surface area contributed by atoms with Crippen molar-refractivity contribution in [2.45, 2.75) is 18.9 Å². The first kappa shape index (κ1) is 14.9. The van der Waals surface area contributed by atoms with Gasteiger partial charge in [-0.15, -0.1) is 0 Å². The number of hydrogen-bond acceptors (Lipinski definition) is 4. The van der Waals surface area contributed by atoms with Crippen LogP contribution in [0.4, 0.5) is 0 Å². The number of nitrogens with zero attached hydrogens (tertiary/aromatic N) is 1. The van der Waals surface area contributed by atoms with E-state index in [9.17, 15) is 4.79 Å². The zero-order chi connectivity index (χ0) is 16.4. The van der Waals surface area contributed by atoms with Gasteiger partial charge in [0, 0.05) is 28.8 Å². The van der Waals surface area contributed by atoms with E-state index in [-0.39, 0.29) is 11.9 Å². The number of carbonyl (C=O) groups is 1. The topological polar surface area (TPSA) is 67.2 Å². The SMILES string of the molecule is O=C(NC1CCNCC1)c1ccc(-c2nccc3occc23)cc1. The molecule has 0 atom stereocenters. The van der Waals surface area contributed by atoms with Gasteiger partial charge < -0.3 is 15.1 Å². The van der Waals surface area contributed by atoms with E-state index in [1.807, 2.05) is 36.4 Å². The first-order chi connectivity index (χ1) is 11.8. The number of nitrogens with one attached hydrogen (secondary N) is 2. The molecule has 3 heterocycles. The van der Waals surface area contributed by atoms with E-state index in [4.69, 9.17) is 4.42 Å². The third kappa shape index (κ3) is 2.90. The second-order valence-corrected chi connectivity index (χ2v) is 6.07. The normalized spacial score (nSPS) is 15.5. The zero-order valence-corrected chi connectivity index (χ0v) is 13.3. The molecule has 1 saturated heterocycles. The van der Waals surface area contributed by atoms with Crippen molar-refractivity contribution in [2.75, 3.05) is 13.1 Å². The average Bonchev–Trinajstić information content (AvgIpc) is 3.11. The maximum absolute atomic E-state index is 12.4. The molecule has 2 aromatic heterocycles. The van der Waals surface area contributed by atoms with Gasteiger partial charge in [0.2, 0.25) is 0 Å². The summed E-state index contributed by atoms with van der Waals surface area (Å²) < 4.78 is 5.42. The van der Waals surface area contributed by atoms with E-state index < -0.39 is 0 Å². The fourth-order valence-electron chi connectivity index (χ4n) is 3.14. The third-order valence-electron chi connectivity index (χ3n) is 4.47. The molecule has 2 N–H and O–H groups in total. The monoisotopic (exact) mass is 321 g/mol. The second kappa shape index (κ2) is 6.45. The number of fused-ring (bicyclic) bond motifs is 1. The van der Waals surface area contributed by atoms with Crippen LogP contribution in [0, 0.1) is 0 Å². The second-order valence-electron chi connectivity index (χ2n) is 6.07. The quantitative estimate of drug-likeness (QED) is 0.778. The van der Waals surface area contributed by atoms with Gasteiger partial charge in [-0.1, -0.05) is 12.1 Å². The van der Waals surface area contributed by atoms with Gasteiger partial charge in [0.1, 0.15) is 5.58 Å². The van der Waals surface area contributed by atoms with Crippen LogP contribution in [0.5, 0.6) is 0 Å². The van der Waals surface area contributed by atoms with E-state index >= 15 is 0 Å². The van der Waals surface area contributed by atoms with Gasteiger partial charge in [0.25, 0.3) is 5.91 Å². The van der Waals surface area contributed by atoms with Crippen molar-refractivity contribution in [3.05, 3.63) is 54.4 Å². The Labute approximate surface area is 140 Å². The molecule has 0 unspecified atom stereocenters. The number of amides is 1. The Hall–Kier alpha value is -2.66. The van der Waals surface area contributed by atoms with Crippen molar-refractivity contribution in [2.24, 2.45) is 0 Å². The number of aromatic nitrogens is 1. The Morgan fingerprint density at radius 3 is 2.71 bits per heavy atom. The van der Waals surface area contributed by atoms with Crippen molar-refractivity contribution in [3.63, 3.8) is 0 Å². The third-order valence-corrected chi connectivity index (χ3v) is 4.47. The summed E-state index contributed by atoms with van der Waals surface area (Å²) in [7, 11) is 0. The summed E-state index contributed by atoms with van der Waals surface area (Å²) in [6, 6.07) is 11.6. The molecule has 0 bridgehead atoms. The van der Waals surface area contributed by atoms with Crippen LogP contribution in [-0.4, -0.2) is 30.0 Å². The first-order valence-electron chi connectivity index (χ1n) is 8.25. The molecule has 0 saturated carbocycles. The standard InChI is InChI=1S/C19H19N3O2/c23-19(22-15-5-9-20-10-6-15)14-3-1-13(2-4-14)18-16-8-12-24-17(16)7-11-21-18/h1-4,7-8,11-12,15,20H,5-6,9-10H2,(H,22,23). The summed E-state index contributed by atoms with van der Waals surface area (Å²) in [5, 5.41) is 7.39. The maximum Gasteiger partial charge on any atom is 0.251 e. The van der Waals surface area contributed by atoms with Gasteiger partial charge in [0.05, 0.1) is 12.0 Å². The lowest BCUT2D eigenvalue weighted by Crippen LogP contribution is -2.42. The lowest BCUT2D eigenvalue weighted by atomic mass is 10.0. The Bertz CT molecular complexity index is 848. The molecule has 3 aromatic rings. The number of piperidine rings is 1. The molecule has 1 fully saturated rings. The van der Waals surface area contributed by atoms with Gasteiger partial charge in [-0.25, -0.2) is 0 Å². The summed E-state index contributed by atoms with van der Waals surface area (Å²) in [5.74, 6) is -0.0112. The van der Waals surface area contributed by atoms with Crippen LogP contribution < -0.4 is 10.6 Å². The van der Waals surface area contributed by atoms with Crippen molar-refractivity contribution < 1.29 is 9.21 Å². The highest BCUT2D eigenvalue weighted by atomic mass is 16.3. The Morgan fingerprint density at radius 2 is 1.92 bits per heavy atom. The number of carbonyl (C=O) groups excluding carboxylic acids is 1. The number of rotatable bonds is 3. The maximum atomic E-state index is 12.4. The summed E-state index contributed by atoms with van der Waals surface area (Å²) in [4.78, 5) is 16.8. The highest BCUT2D eigenvalue weighted by molar-refractivity contribution is 5.96. The molecule has 0 radical (unpaired) electrons. The van der Waals surface area contributed by atoms with Crippen molar-refractivity contribution in [1.29, 1.82) is 0 Å². The lowest BCUT2D eigenvalue weighted by Gasteiger charge is -2.23. The van der Waals surface area contributed by atoms with Crippen LogP contribution >= 0.6 is 0 Å². The fourth-order valence-corrected chi connectivity index (χ4v) is 3.14. The summed E-state index contributed by atoms with van der Waals surface area (Å²) in [6.45, 7) is 1.93. The van der Waals surface area contributed by atoms with Gasteiger partial charge in [-0.05, 0) is 50.2 Å². The molecule has 5 heteroatoms. The predicted molar refractivity (Wildman–Crippen MR) is 92.8 cm³/mol. The summed E-state index contributed by atoms with van der Waals surface area (Å²) in [5.41, 5.74) is 3.33. The molecule has 5 nitrogen and oxygen atoms in total. The van der Waals surface area contributed by atoms with Crippen LogP contribution in [-0.2, 0) is 0 Å². The smallest absolute Gasteiger partial charge is 0.251 e. The highest BCUT2D eigenvalue weighted by Gasteiger charge is 2.16. The van der Waals surface area contributed by atoms with E-state index in [0.717, 1.165) is 48.2 Å². The molecule has 1 amide bonds. The average molecular weight is 321 g/mol. The van der Waals surface area contributed by atoms with E-state index in [1.54, 1.807) is 12.5 Å². The number of hydrogen-bond donors (Lipinski definition) is 2. The van der Waals surface area contributed by atoms with E-state index in [1.165, 1.54) is 0 Å². The van der Waals surface area contributed by atoms with Gasteiger partial charge in [-0.3, -0.25) is 9.78 Å². The van der Waals surface area contributed by atoms with Crippen LogP contribution in [0.3, 0.4) is 0 Å². The minimum Gasteiger partial charge on any atom is -0.464 e. The number of furan rings is 1. The minimum atomic E-state index is -0.0112. The van der Waals surface area contributed by atoms with Crippen molar-refractivity contribution >= 4 is 16.9 Å². The molecule has 4 rings (SSSR count). The molecular formula is C19H19N3O2. The van der Waals surface area contributed by atoms with E-state index in [0.29, 0.717) is 5.56 Å². The van der Waals surface area contributed by atoms with Crippen LogP contribution in [0.2, 0.25) is 0 Å². The molecule has 1 aliphatic rings. The Kier molecular flexibility index (Phi) is 4.01. The molecule has 1 aliphatic heterocycles. The van der Waals surface area contributed by atoms with Crippen molar-refractivity contribution in [1.82, 2.24) is 15.6 Å². The summed E-state index contributed by atoms with van der Waals surface area (Å²) in [6.07, 6.45) is 5.36. The van der Waals surface area contributed by atoms with Crippen LogP contribution in [0.15, 0.2) is 53.3 Å². The molecule has 122 valence electrons. The Morgan fingerprint density at radius 1 is 1.12 bits per heavy atom. The molecule has 24 heavy (non-hydrogen) atoms. The zero-order valence-electron chi connectivity index (χ0n) is 13.3. The Balaban J connectivity index is 1.54. The first-order valence-corrected chi connectivity index (χ1v) is 8.25. The fraction of sp³-hybridized carbons (Fsp3) is 0.263. The van der Waals surface area contributed by atoms with E-state index in [2.05, 4.69) is 15.6 Å². The van der Waals surface area contributed by atoms with Gasteiger partial charge in [0.15, 0.2) is 0 Å². The molecule has 1 aromatic carbocycles. The highest BCUT2D eigenvalue weighted by Crippen LogP contribution is 2.27. The van der Waals surface area contributed by atoms with Crippen LogP contribution in [0.1, 0.15) is 23.2 Å². The largest absolute Gasteiger partial charge is 0.464 e.